The summed E-state index contributed by atoms with van der Waals surface area (Å²) in [6.45, 7) is 5.85. The van der Waals surface area contributed by atoms with Crippen molar-refractivity contribution in [2.24, 2.45) is 10.7 Å². The molecule has 0 radical (unpaired) electrons. The van der Waals surface area contributed by atoms with E-state index in [0.717, 1.165) is 46.5 Å². The van der Waals surface area contributed by atoms with Crippen LogP contribution in [0.3, 0.4) is 0 Å². The predicted molar refractivity (Wildman–Crippen MR) is 146 cm³/mol. The highest BCUT2D eigenvalue weighted by atomic mass is 16.5. The second-order valence-corrected chi connectivity index (χ2v) is 8.71. The van der Waals surface area contributed by atoms with E-state index in [4.69, 9.17) is 19.9 Å². The monoisotopic (exact) mass is 495 g/mol. The highest BCUT2D eigenvalue weighted by molar-refractivity contribution is 6.11. The minimum atomic E-state index is -0.0902. The molecule has 188 valence electrons. The number of nitrogens with two attached hydrogens (primary N) is 1. The van der Waals surface area contributed by atoms with Crippen molar-refractivity contribution in [1.82, 2.24) is 9.97 Å². The van der Waals surface area contributed by atoms with Gasteiger partial charge in [0.15, 0.2) is 11.5 Å². The van der Waals surface area contributed by atoms with Crippen LogP contribution in [0, 0.1) is 0 Å². The molecule has 2 aliphatic rings. The Morgan fingerprint density at radius 2 is 2.00 bits per heavy atom. The highest BCUT2D eigenvalue weighted by Gasteiger charge is 2.27. The summed E-state index contributed by atoms with van der Waals surface area (Å²) in [5, 5.41) is 0.886. The Balaban J connectivity index is 1.34. The van der Waals surface area contributed by atoms with Crippen LogP contribution in [-0.2, 0) is 11.3 Å². The molecule has 3 aromatic rings. The van der Waals surface area contributed by atoms with Crippen LogP contribution in [0.5, 0.6) is 11.5 Å². The second-order valence-electron chi connectivity index (χ2n) is 8.71. The SMILES string of the molecule is C=C1C=CC=CC1=N/C(=C\N)OC1CCN(c2ncnc3cc(OC)c(OCc4ccccc4)cc23)C1. The van der Waals surface area contributed by atoms with Crippen LogP contribution < -0.4 is 20.1 Å². The number of hydrogen-bond acceptors (Lipinski definition) is 8. The molecule has 0 spiro atoms. The number of hydrogen-bond donors (Lipinski definition) is 1. The number of ether oxygens (including phenoxy) is 3. The Bertz CT molecular complexity index is 1410. The van der Waals surface area contributed by atoms with Gasteiger partial charge in [-0.25, -0.2) is 15.0 Å². The third-order valence-electron chi connectivity index (χ3n) is 6.23. The first-order chi connectivity index (χ1) is 18.1. The number of nitrogens with zero attached hydrogens (tertiary/aromatic N) is 4. The highest BCUT2D eigenvalue weighted by Crippen LogP contribution is 2.36. The molecule has 8 heteroatoms. The fraction of sp³-hybridized carbons (Fsp3) is 0.207. The number of allylic oxidation sites excluding steroid dienone is 5. The van der Waals surface area contributed by atoms with E-state index in [2.05, 4.69) is 26.4 Å². The second kappa shape index (κ2) is 11.0. The van der Waals surface area contributed by atoms with Crippen molar-refractivity contribution in [2.45, 2.75) is 19.1 Å². The molecular weight excluding hydrogens is 466 g/mol. The van der Waals surface area contributed by atoms with Crippen molar-refractivity contribution in [3.63, 3.8) is 0 Å². The van der Waals surface area contributed by atoms with Crippen molar-refractivity contribution in [2.75, 3.05) is 25.1 Å². The topological polar surface area (TPSA) is 95.1 Å². The fourth-order valence-electron chi connectivity index (χ4n) is 4.34. The van der Waals surface area contributed by atoms with Gasteiger partial charge in [-0.1, -0.05) is 55.1 Å². The van der Waals surface area contributed by atoms with Crippen molar-refractivity contribution < 1.29 is 14.2 Å². The van der Waals surface area contributed by atoms with Crippen LogP contribution in [-0.4, -0.2) is 42.0 Å². The summed E-state index contributed by atoms with van der Waals surface area (Å²) < 4.78 is 17.9. The molecule has 8 nitrogen and oxygen atoms in total. The molecule has 0 saturated carbocycles. The molecule has 0 amide bonds. The van der Waals surface area contributed by atoms with Gasteiger partial charge in [-0.15, -0.1) is 0 Å². The van der Waals surface area contributed by atoms with Gasteiger partial charge < -0.3 is 24.8 Å². The maximum atomic E-state index is 6.14. The molecule has 1 aliphatic carbocycles. The smallest absolute Gasteiger partial charge is 0.230 e. The quantitative estimate of drug-likeness (QED) is 0.453. The van der Waals surface area contributed by atoms with Gasteiger partial charge >= 0.3 is 0 Å². The van der Waals surface area contributed by atoms with Crippen molar-refractivity contribution in [3.8, 4) is 11.5 Å². The van der Waals surface area contributed by atoms with Gasteiger partial charge in [-0.3, -0.25) is 0 Å². The zero-order valence-electron chi connectivity index (χ0n) is 20.7. The van der Waals surface area contributed by atoms with Gasteiger partial charge in [0, 0.05) is 24.4 Å². The molecule has 2 N–H and O–H groups in total. The van der Waals surface area contributed by atoms with Gasteiger partial charge in [0.2, 0.25) is 5.88 Å². The maximum absolute atomic E-state index is 6.14. The molecule has 1 atom stereocenters. The summed E-state index contributed by atoms with van der Waals surface area (Å²) in [4.78, 5) is 15.8. The van der Waals surface area contributed by atoms with Gasteiger partial charge in [0.05, 0.1) is 31.1 Å². The fourth-order valence-corrected chi connectivity index (χ4v) is 4.34. The number of aliphatic imine (C=N–C) groups is 1. The number of methoxy groups -OCH3 is 1. The number of rotatable bonds is 8. The van der Waals surface area contributed by atoms with Gasteiger partial charge in [-0.2, -0.15) is 0 Å². The Labute approximate surface area is 216 Å². The van der Waals surface area contributed by atoms with E-state index >= 15 is 0 Å². The lowest BCUT2D eigenvalue weighted by Gasteiger charge is -2.20. The minimum Gasteiger partial charge on any atom is -0.493 e. The van der Waals surface area contributed by atoms with Crippen LogP contribution in [0.4, 0.5) is 5.82 Å². The zero-order valence-corrected chi connectivity index (χ0v) is 20.7. The van der Waals surface area contributed by atoms with E-state index in [1.54, 1.807) is 13.4 Å². The summed E-state index contributed by atoms with van der Waals surface area (Å²) >= 11 is 0. The first-order valence-corrected chi connectivity index (χ1v) is 12.1. The lowest BCUT2D eigenvalue weighted by Crippen LogP contribution is -2.24. The molecular formula is C29H29N5O3. The number of anilines is 1. The minimum absolute atomic E-state index is 0.0902. The average molecular weight is 496 g/mol. The van der Waals surface area contributed by atoms with Crippen molar-refractivity contribution in [1.29, 1.82) is 0 Å². The lowest BCUT2D eigenvalue weighted by molar-refractivity contribution is 0.132. The van der Waals surface area contributed by atoms with E-state index in [9.17, 15) is 0 Å². The molecule has 1 fully saturated rings. The van der Waals surface area contributed by atoms with Crippen LogP contribution in [0.15, 0.2) is 102 Å². The van der Waals surface area contributed by atoms with E-state index in [-0.39, 0.29) is 6.10 Å². The molecule has 1 aliphatic heterocycles. The Morgan fingerprint density at radius 1 is 1.16 bits per heavy atom. The zero-order chi connectivity index (χ0) is 25.6. The summed E-state index contributed by atoms with van der Waals surface area (Å²) in [7, 11) is 1.63. The van der Waals surface area contributed by atoms with Gasteiger partial charge in [0.25, 0.3) is 0 Å². The molecule has 5 rings (SSSR count). The maximum Gasteiger partial charge on any atom is 0.230 e. The van der Waals surface area contributed by atoms with Crippen LogP contribution in [0.25, 0.3) is 10.9 Å². The van der Waals surface area contributed by atoms with Gasteiger partial charge in [0.1, 0.15) is 24.9 Å². The first kappa shape index (κ1) is 24.1. The third-order valence-corrected chi connectivity index (χ3v) is 6.23. The Morgan fingerprint density at radius 3 is 2.78 bits per heavy atom. The molecule has 2 heterocycles. The third kappa shape index (κ3) is 5.48. The number of benzene rings is 2. The van der Waals surface area contributed by atoms with Crippen LogP contribution >= 0.6 is 0 Å². The standard InChI is InChI=1S/C29H29N5O3/c1-20-8-6-7-11-24(20)33-28(16-30)37-22-12-13-34(17-22)29-23-14-27(36-18-21-9-4-3-5-10-21)26(35-2)15-25(23)31-19-32-29/h3-11,14-16,19,22H,1,12-13,17-18,30H2,2H3/b28-16+,33-24?. The Kier molecular flexibility index (Phi) is 7.16. The van der Waals surface area contributed by atoms with E-state index < -0.39 is 0 Å². The molecule has 1 unspecified atom stereocenters. The summed E-state index contributed by atoms with van der Waals surface area (Å²) in [5.74, 6) is 2.46. The molecule has 2 aromatic carbocycles. The average Bonchev–Trinajstić information content (AvgIpc) is 3.40. The van der Waals surface area contributed by atoms with Crippen molar-refractivity contribution >= 4 is 22.4 Å². The van der Waals surface area contributed by atoms with Crippen LogP contribution in [0.2, 0.25) is 0 Å². The molecule has 37 heavy (non-hydrogen) atoms. The predicted octanol–water partition coefficient (Wildman–Crippen LogP) is 4.69. The van der Waals surface area contributed by atoms with Gasteiger partial charge in [-0.05, 0) is 23.3 Å². The molecule has 1 saturated heterocycles. The van der Waals surface area contributed by atoms with Crippen molar-refractivity contribution in [3.05, 3.63) is 103 Å². The number of aromatic nitrogens is 2. The normalized spacial score (nSPS) is 18.6. The van der Waals surface area contributed by atoms with E-state index in [1.807, 2.05) is 66.8 Å². The lowest BCUT2D eigenvalue weighted by atomic mass is 10.1. The van der Waals surface area contributed by atoms with E-state index in [0.29, 0.717) is 30.5 Å². The summed E-state index contributed by atoms with van der Waals surface area (Å²) in [6.07, 6.45) is 11.3. The first-order valence-electron chi connectivity index (χ1n) is 12.1. The van der Waals surface area contributed by atoms with E-state index in [1.165, 1.54) is 6.20 Å². The number of fused-ring (bicyclic) bond motifs is 1. The summed E-state index contributed by atoms with van der Waals surface area (Å²) in [6, 6.07) is 13.9. The molecule has 1 aromatic heterocycles. The van der Waals surface area contributed by atoms with Crippen LogP contribution in [0.1, 0.15) is 12.0 Å². The molecule has 0 bridgehead atoms. The summed E-state index contributed by atoms with van der Waals surface area (Å²) in [5.41, 5.74) is 9.22. The largest absolute Gasteiger partial charge is 0.493 e. The Hall–Kier alpha value is -4.59.